The van der Waals surface area contributed by atoms with Gasteiger partial charge in [0.25, 0.3) is 0 Å². The van der Waals surface area contributed by atoms with Crippen LogP contribution in [0, 0.1) is 0 Å². The molecule has 0 radical (unpaired) electrons. The van der Waals surface area contributed by atoms with E-state index in [9.17, 15) is 0 Å². The van der Waals surface area contributed by atoms with Crippen LogP contribution in [-0.2, 0) is 9.47 Å². The molecule has 6 heteroatoms. The number of hydrogen-bond acceptors (Lipinski definition) is 5. The number of aliphatic hydroxyl groups is 1. The van der Waals surface area contributed by atoms with Gasteiger partial charge >= 0.3 is 0 Å². The lowest BCUT2D eigenvalue weighted by molar-refractivity contribution is 0.293. The van der Waals surface area contributed by atoms with Gasteiger partial charge in [-0.2, -0.15) is 0 Å². The zero-order chi connectivity index (χ0) is 20.1. The van der Waals surface area contributed by atoms with E-state index in [0.29, 0.717) is 25.7 Å². The molecule has 1 aliphatic rings. The summed E-state index contributed by atoms with van der Waals surface area (Å²) in [5, 5.41) is 9.02. The van der Waals surface area contributed by atoms with Gasteiger partial charge in [-0.1, -0.05) is 23.8 Å². The van der Waals surface area contributed by atoms with Crippen molar-refractivity contribution in [1.82, 2.24) is 0 Å². The van der Waals surface area contributed by atoms with Crippen molar-refractivity contribution in [3.63, 3.8) is 0 Å². The van der Waals surface area contributed by atoms with E-state index in [1.165, 1.54) is 5.57 Å². The minimum atomic E-state index is -0.649. The maximum Gasteiger partial charge on any atom is 0.209 e. The lowest BCUT2D eigenvalue weighted by Crippen LogP contribution is -2.30. The maximum absolute atomic E-state index is 9.02. The van der Waals surface area contributed by atoms with E-state index in [1.54, 1.807) is 0 Å². The van der Waals surface area contributed by atoms with Gasteiger partial charge < -0.3 is 14.6 Å². The third kappa shape index (κ3) is 9.47. The first-order chi connectivity index (χ1) is 13.0. The van der Waals surface area contributed by atoms with Gasteiger partial charge in [0, 0.05) is 6.61 Å². The minimum absolute atomic E-state index is 0.0912. The summed E-state index contributed by atoms with van der Waals surface area (Å²) in [6, 6.07) is -0.0912. The second-order valence-corrected chi connectivity index (χ2v) is 11.4. The fraction of sp³-hybridized carbons (Fsp3) is 0.714. The lowest BCUT2D eigenvalue weighted by Gasteiger charge is -2.29. The predicted octanol–water partition coefficient (Wildman–Crippen LogP) is 3.97. The SMILES string of the molecule is C/C=C(\C/C=C\CS(C)(C)CCCO)CC1N=C(OCC)CN=C1OCC. The number of rotatable bonds is 11. The van der Waals surface area contributed by atoms with Gasteiger partial charge in [0.1, 0.15) is 12.6 Å². The Balaban J connectivity index is 2.63. The minimum Gasteiger partial charge on any atom is -0.480 e. The summed E-state index contributed by atoms with van der Waals surface area (Å²) in [6.07, 6.45) is 14.0. The number of aliphatic imine (C=N–C) groups is 2. The smallest absolute Gasteiger partial charge is 0.209 e. The van der Waals surface area contributed by atoms with Crippen molar-refractivity contribution in [1.29, 1.82) is 0 Å². The van der Waals surface area contributed by atoms with Crippen molar-refractivity contribution in [2.24, 2.45) is 9.98 Å². The Bertz CT molecular complexity index is 554. The van der Waals surface area contributed by atoms with Gasteiger partial charge in [0.2, 0.25) is 11.8 Å². The normalized spacial score (nSPS) is 19.0. The van der Waals surface area contributed by atoms with E-state index in [1.807, 2.05) is 13.8 Å². The Morgan fingerprint density at radius 2 is 1.96 bits per heavy atom. The largest absolute Gasteiger partial charge is 0.480 e. The summed E-state index contributed by atoms with van der Waals surface area (Å²) >= 11 is 0. The first kappa shape index (κ1) is 23.8. The Morgan fingerprint density at radius 1 is 1.22 bits per heavy atom. The van der Waals surface area contributed by atoms with Crippen LogP contribution in [0.25, 0.3) is 0 Å². The molecule has 0 amide bonds. The summed E-state index contributed by atoms with van der Waals surface area (Å²) in [6.45, 7) is 7.99. The van der Waals surface area contributed by atoms with Crippen molar-refractivity contribution >= 4 is 21.8 Å². The standard InChI is InChI=1S/C21H38N2O3S/c1-6-18(12-9-10-14-27(4,5)15-11-13-24)16-19-21(26-8-3)22-17-20(23-19)25-7-2/h6,9-10,19,24H,7-8,11-17H2,1-5H3/b10-9-,18-6+. The Kier molecular flexibility index (Phi) is 11.4. The molecular formula is C21H38N2O3S. The van der Waals surface area contributed by atoms with Crippen LogP contribution in [0.5, 0.6) is 0 Å². The molecule has 0 aromatic carbocycles. The van der Waals surface area contributed by atoms with Crippen LogP contribution in [-0.4, -0.2) is 73.3 Å². The summed E-state index contributed by atoms with van der Waals surface area (Å²) in [5.41, 5.74) is 1.33. The molecule has 1 unspecified atom stereocenters. The maximum atomic E-state index is 9.02. The molecular weight excluding hydrogens is 360 g/mol. The topological polar surface area (TPSA) is 63.4 Å². The van der Waals surface area contributed by atoms with Crippen LogP contribution in [0.4, 0.5) is 0 Å². The van der Waals surface area contributed by atoms with Crippen molar-refractivity contribution in [2.75, 3.05) is 50.4 Å². The highest BCUT2D eigenvalue weighted by molar-refractivity contribution is 8.32. The highest BCUT2D eigenvalue weighted by atomic mass is 32.3. The van der Waals surface area contributed by atoms with Gasteiger partial charge in [-0.05, 0) is 64.1 Å². The summed E-state index contributed by atoms with van der Waals surface area (Å²) in [5.74, 6) is 3.64. The van der Waals surface area contributed by atoms with Crippen LogP contribution >= 0.6 is 10.0 Å². The van der Waals surface area contributed by atoms with Gasteiger partial charge in [-0.3, -0.25) is 0 Å². The average Bonchev–Trinajstić information content (AvgIpc) is 2.65. The van der Waals surface area contributed by atoms with Crippen LogP contribution in [0.1, 0.15) is 40.0 Å². The zero-order valence-corrected chi connectivity index (χ0v) is 18.6. The lowest BCUT2D eigenvalue weighted by atomic mass is 10.0. The number of allylic oxidation sites excluding steroid dienone is 2. The van der Waals surface area contributed by atoms with Crippen LogP contribution in [0.15, 0.2) is 33.8 Å². The molecule has 0 saturated heterocycles. The molecule has 1 rings (SSSR count). The fourth-order valence-electron chi connectivity index (χ4n) is 2.86. The molecule has 0 aromatic rings. The van der Waals surface area contributed by atoms with Crippen molar-refractivity contribution in [2.45, 2.75) is 46.1 Å². The van der Waals surface area contributed by atoms with Crippen molar-refractivity contribution in [3.8, 4) is 0 Å². The van der Waals surface area contributed by atoms with Crippen LogP contribution < -0.4 is 0 Å². The Labute approximate surface area is 167 Å². The van der Waals surface area contributed by atoms with Crippen molar-refractivity contribution in [3.05, 3.63) is 23.8 Å². The first-order valence-electron chi connectivity index (χ1n) is 9.90. The molecule has 1 heterocycles. The van der Waals surface area contributed by atoms with Crippen molar-refractivity contribution < 1.29 is 14.6 Å². The van der Waals surface area contributed by atoms with Gasteiger partial charge in [0.05, 0.1) is 13.2 Å². The van der Waals surface area contributed by atoms with Crippen LogP contribution in [0.2, 0.25) is 0 Å². The van der Waals surface area contributed by atoms with Crippen LogP contribution in [0.3, 0.4) is 0 Å². The Hall–Kier alpha value is -1.27. The Morgan fingerprint density at radius 3 is 2.59 bits per heavy atom. The number of hydrogen-bond donors (Lipinski definition) is 1. The van der Waals surface area contributed by atoms with Gasteiger partial charge in [-0.25, -0.2) is 20.0 Å². The second kappa shape index (κ2) is 13.0. The highest BCUT2D eigenvalue weighted by Crippen LogP contribution is 2.40. The number of ether oxygens (including phenoxy) is 2. The summed E-state index contributed by atoms with van der Waals surface area (Å²) in [7, 11) is -0.649. The van der Waals surface area contributed by atoms with E-state index < -0.39 is 10.0 Å². The molecule has 0 aromatic heterocycles. The molecule has 0 spiro atoms. The molecule has 0 aliphatic carbocycles. The van der Waals surface area contributed by atoms with E-state index in [4.69, 9.17) is 19.6 Å². The summed E-state index contributed by atoms with van der Waals surface area (Å²) < 4.78 is 11.3. The van der Waals surface area contributed by atoms with E-state index >= 15 is 0 Å². The molecule has 1 aliphatic heterocycles. The third-order valence-electron chi connectivity index (χ3n) is 4.37. The molecule has 1 N–H and O–H groups in total. The van der Waals surface area contributed by atoms with E-state index in [2.05, 4.69) is 42.7 Å². The van der Waals surface area contributed by atoms with Gasteiger partial charge in [-0.15, -0.1) is 0 Å². The second-order valence-electron chi connectivity index (χ2n) is 7.10. The van der Waals surface area contributed by atoms with E-state index in [-0.39, 0.29) is 12.6 Å². The first-order valence-corrected chi connectivity index (χ1v) is 12.7. The molecule has 0 saturated carbocycles. The fourth-order valence-corrected chi connectivity index (χ4v) is 4.60. The molecule has 5 nitrogen and oxygen atoms in total. The predicted molar refractivity (Wildman–Crippen MR) is 120 cm³/mol. The molecule has 27 heavy (non-hydrogen) atoms. The number of nitrogens with zero attached hydrogens (tertiary/aromatic N) is 2. The molecule has 1 atom stereocenters. The third-order valence-corrected chi connectivity index (χ3v) is 6.86. The summed E-state index contributed by atoms with van der Waals surface area (Å²) in [4.78, 5) is 9.24. The highest BCUT2D eigenvalue weighted by Gasteiger charge is 2.23. The zero-order valence-electron chi connectivity index (χ0n) is 17.7. The molecule has 0 fully saturated rings. The average molecular weight is 399 g/mol. The quantitative estimate of drug-likeness (QED) is 0.536. The van der Waals surface area contributed by atoms with Gasteiger partial charge in [0.15, 0.2) is 0 Å². The molecule has 156 valence electrons. The monoisotopic (exact) mass is 398 g/mol. The molecule has 0 bridgehead atoms. The number of aliphatic hydroxyl groups excluding tert-OH is 1. The van der Waals surface area contributed by atoms with E-state index in [0.717, 1.165) is 36.7 Å².